The third kappa shape index (κ3) is 2.96. The van der Waals surface area contributed by atoms with E-state index in [1.165, 1.54) is 16.2 Å². The van der Waals surface area contributed by atoms with E-state index in [-0.39, 0.29) is 12.5 Å². The minimum atomic E-state index is -0.723. The molecule has 6 heteroatoms. The van der Waals surface area contributed by atoms with E-state index < -0.39 is 6.10 Å². The Balaban J connectivity index is 1.53. The summed E-state index contributed by atoms with van der Waals surface area (Å²) in [4.78, 5) is 13.8. The molecular formula is C19H18N2O3S. The number of hydrogen-bond donors (Lipinski definition) is 1. The molecule has 5 nitrogen and oxygen atoms in total. The van der Waals surface area contributed by atoms with Crippen LogP contribution in [0.15, 0.2) is 24.3 Å². The molecule has 2 aromatic rings. The van der Waals surface area contributed by atoms with Gasteiger partial charge in [0.25, 0.3) is 5.91 Å². The summed E-state index contributed by atoms with van der Waals surface area (Å²) in [7, 11) is 0. The van der Waals surface area contributed by atoms with Crippen LogP contribution in [0.4, 0.5) is 5.00 Å². The maximum absolute atomic E-state index is 12.6. The van der Waals surface area contributed by atoms with Gasteiger partial charge in [0.2, 0.25) is 6.10 Å². The molecule has 0 saturated heterocycles. The summed E-state index contributed by atoms with van der Waals surface area (Å²) in [6.45, 7) is 2.38. The fraction of sp³-hybridized carbons (Fsp3) is 0.368. The minimum absolute atomic E-state index is 0.160. The van der Waals surface area contributed by atoms with Crippen LogP contribution in [0.3, 0.4) is 0 Å². The van der Waals surface area contributed by atoms with Gasteiger partial charge in [-0.1, -0.05) is 19.1 Å². The van der Waals surface area contributed by atoms with Gasteiger partial charge in [-0.3, -0.25) is 4.79 Å². The molecule has 0 bridgehead atoms. The van der Waals surface area contributed by atoms with E-state index in [0.29, 0.717) is 28.0 Å². The van der Waals surface area contributed by atoms with Gasteiger partial charge in [-0.2, -0.15) is 5.26 Å². The van der Waals surface area contributed by atoms with Gasteiger partial charge in [-0.05, 0) is 42.9 Å². The van der Waals surface area contributed by atoms with Crippen LogP contribution in [0.2, 0.25) is 0 Å². The van der Waals surface area contributed by atoms with Gasteiger partial charge in [0.1, 0.15) is 17.7 Å². The molecule has 0 spiro atoms. The zero-order valence-electron chi connectivity index (χ0n) is 13.9. The quantitative estimate of drug-likeness (QED) is 0.896. The first kappa shape index (κ1) is 16.0. The fourth-order valence-electron chi connectivity index (χ4n) is 3.30. The summed E-state index contributed by atoms with van der Waals surface area (Å²) in [6.07, 6.45) is 2.24. The first-order chi connectivity index (χ1) is 12.2. The Hall–Kier alpha value is -2.52. The highest BCUT2D eigenvalue weighted by Crippen LogP contribution is 2.39. The second-order valence-corrected chi connectivity index (χ2v) is 7.63. The highest BCUT2D eigenvalue weighted by molar-refractivity contribution is 7.16. The van der Waals surface area contributed by atoms with Crippen molar-refractivity contribution >= 4 is 22.2 Å². The molecule has 1 aliphatic heterocycles. The Morgan fingerprint density at radius 1 is 1.36 bits per heavy atom. The lowest BCUT2D eigenvalue weighted by atomic mass is 9.88. The molecule has 25 heavy (non-hydrogen) atoms. The molecule has 1 aromatic carbocycles. The third-order valence-electron chi connectivity index (χ3n) is 4.66. The molecule has 0 saturated carbocycles. The standard InChI is InChI=1S/C19H18N2O3S/c1-11-6-7-12-13(9-20)19(25-17(12)8-11)21-18(22)16-10-23-14-4-2-3-5-15(14)24-16/h2-5,11,16H,6-8,10H2,1H3,(H,21,22). The number of para-hydroxylation sites is 2. The number of nitrogens with one attached hydrogen (secondary N) is 1. The number of thiophene rings is 1. The van der Waals surface area contributed by atoms with E-state index in [1.54, 1.807) is 6.07 Å². The summed E-state index contributed by atoms with van der Waals surface area (Å²) >= 11 is 1.52. The average molecular weight is 354 g/mol. The lowest BCUT2D eigenvalue weighted by Crippen LogP contribution is -2.40. The molecule has 2 heterocycles. The van der Waals surface area contributed by atoms with E-state index >= 15 is 0 Å². The molecule has 1 amide bonds. The SMILES string of the molecule is CC1CCc2c(sc(NC(=O)C3COc4ccccc4O3)c2C#N)C1. The van der Waals surface area contributed by atoms with E-state index in [1.807, 2.05) is 18.2 Å². The Morgan fingerprint density at radius 2 is 2.16 bits per heavy atom. The molecule has 1 aromatic heterocycles. The predicted octanol–water partition coefficient (Wildman–Crippen LogP) is 3.52. The van der Waals surface area contributed by atoms with Gasteiger partial charge in [0, 0.05) is 4.88 Å². The number of ether oxygens (including phenoxy) is 2. The summed E-state index contributed by atoms with van der Waals surface area (Å²) in [5.74, 6) is 1.55. The zero-order chi connectivity index (χ0) is 17.4. The van der Waals surface area contributed by atoms with E-state index in [9.17, 15) is 10.1 Å². The van der Waals surface area contributed by atoms with E-state index in [2.05, 4.69) is 18.3 Å². The summed E-state index contributed by atoms with van der Waals surface area (Å²) in [6, 6.07) is 9.55. The number of hydrogen-bond acceptors (Lipinski definition) is 5. The molecule has 4 rings (SSSR count). The molecule has 0 fully saturated rings. The van der Waals surface area contributed by atoms with Crippen LogP contribution in [0, 0.1) is 17.2 Å². The Bertz CT molecular complexity index is 868. The van der Waals surface area contributed by atoms with Crippen LogP contribution in [0.5, 0.6) is 11.5 Å². The molecule has 128 valence electrons. The fourth-order valence-corrected chi connectivity index (χ4v) is 4.66. The summed E-state index contributed by atoms with van der Waals surface area (Å²) in [5.41, 5.74) is 1.71. The number of carbonyl (C=O) groups is 1. The largest absolute Gasteiger partial charge is 0.485 e. The van der Waals surface area contributed by atoms with Crippen molar-refractivity contribution in [2.75, 3.05) is 11.9 Å². The maximum Gasteiger partial charge on any atom is 0.269 e. The third-order valence-corrected chi connectivity index (χ3v) is 5.83. The highest BCUT2D eigenvalue weighted by atomic mass is 32.1. The van der Waals surface area contributed by atoms with Crippen molar-refractivity contribution in [1.82, 2.24) is 0 Å². The Morgan fingerprint density at radius 3 is 2.96 bits per heavy atom. The molecule has 2 atom stereocenters. The number of nitriles is 1. The van der Waals surface area contributed by atoms with Gasteiger partial charge in [-0.25, -0.2) is 0 Å². The highest BCUT2D eigenvalue weighted by Gasteiger charge is 2.30. The maximum atomic E-state index is 12.6. The number of benzene rings is 1. The van der Waals surface area contributed by atoms with Crippen LogP contribution in [0.25, 0.3) is 0 Å². The first-order valence-electron chi connectivity index (χ1n) is 8.39. The van der Waals surface area contributed by atoms with Gasteiger partial charge >= 0.3 is 0 Å². The van der Waals surface area contributed by atoms with Crippen molar-refractivity contribution < 1.29 is 14.3 Å². The smallest absolute Gasteiger partial charge is 0.269 e. The second kappa shape index (κ2) is 6.41. The van der Waals surface area contributed by atoms with Crippen LogP contribution in [-0.4, -0.2) is 18.6 Å². The lowest BCUT2D eigenvalue weighted by Gasteiger charge is -2.25. The molecule has 2 unspecified atom stereocenters. The number of rotatable bonds is 2. The van der Waals surface area contributed by atoms with Crippen LogP contribution in [0.1, 0.15) is 29.3 Å². The van der Waals surface area contributed by atoms with Crippen molar-refractivity contribution in [3.8, 4) is 17.6 Å². The molecule has 2 aliphatic rings. The topological polar surface area (TPSA) is 71.3 Å². The van der Waals surface area contributed by atoms with E-state index in [4.69, 9.17) is 9.47 Å². The van der Waals surface area contributed by atoms with Crippen molar-refractivity contribution in [2.45, 2.75) is 32.3 Å². The number of carbonyl (C=O) groups excluding carboxylic acids is 1. The number of nitrogens with zero attached hydrogens (tertiary/aromatic N) is 1. The van der Waals surface area contributed by atoms with Gasteiger partial charge in [0.05, 0.1) is 5.56 Å². The summed E-state index contributed by atoms with van der Waals surface area (Å²) < 4.78 is 11.3. The molecular weight excluding hydrogens is 336 g/mol. The van der Waals surface area contributed by atoms with Gasteiger partial charge in [0.15, 0.2) is 11.5 Å². The average Bonchev–Trinajstić information content (AvgIpc) is 2.97. The normalized spacial score (nSPS) is 21.1. The monoisotopic (exact) mass is 354 g/mol. The summed E-state index contributed by atoms with van der Waals surface area (Å²) in [5, 5.41) is 13.1. The van der Waals surface area contributed by atoms with Gasteiger partial charge < -0.3 is 14.8 Å². The Labute approximate surface area is 150 Å². The van der Waals surface area contributed by atoms with Crippen molar-refractivity contribution in [2.24, 2.45) is 5.92 Å². The Kier molecular flexibility index (Phi) is 4.10. The minimum Gasteiger partial charge on any atom is -0.485 e. The first-order valence-corrected chi connectivity index (χ1v) is 9.21. The zero-order valence-corrected chi connectivity index (χ0v) is 14.7. The number of amides is 1. The molecule has 1 N–H and O–H groups in total. The molecule has 0 radical (unpaired) electrons. The number of fused-ring (bicyclic) bond motifs is 2. The van der Waals surface area contributed by atoms with E-state index in [0.717, 1.165) is 24.8 Å². The van der Waals surface area contributed by atoms with Crippen molar-refractivity contribution in [3.63, 3.8) is 0 Å². The van der Waals surface area contributed by atoms with Crippen LogP contribution in [-0.2, 0) is 17.6 Å². The van der Waals surface area contributed by atoms with Crippen molar-refractivity contribution in [1.29, 1.82) is 5.26 Å². The predicted molar refractivity (Wildman–Crippen MR) is 95.2 cm³/mol. The van der Waals surface area contributed by atoms with Crippen LogP contribution < -0.4 is 14.8 Å². The molecule has 1 aliphatic carbocycles. The van der Waals surface area contributed by atoms with Crippen molar-refractivity contribution in [3.05, 3.63) is 40.3 Å². The second-order valence-electron chi connectivity index (χ2n) is 6.52. The number of anilines is 1. The van der Waals surface area contributed by atoms with Crippen LogP contribution >= 0.6 is 11.3 Å². The van der Waals surface area contributed by atoms with Gasteiger partial charge in [-0.15, -0.1) is 11.3 Å². The lowest BCUT2D eigenvalue weighted by molar-refractivity contribution is -0.125.